The Kier molecular flexibility index (Phi) is 5.60. The Balaban J connectivity index is 2.00. The lowest BCUT2D eigenvalue weighted by atomic mass is 10.1. The number of H-pyrrole nitrogens is 1. The molecule has 0 spiro atoms. The van der Waals surface area contributed by atoms with Crippen molar-refractivity contribution in [3.63, 3.8) is 0 Å². The quantitative estimate of drug-likeness (QED) is 0.451. The highest BCUT2D eigenvalue weighted by Crippen LogP contribution is 2.29. The fourth-order valence-electron chi connectivity index (χ4n) is 2.69. The van der Waals surface area contributed by atoms with Gasteiger partial charge in [0.2, 0.25) is 10.0 Å². The lowest BCUT2D eigenvalue weighted by molar-refractivity contribution is -0.383. The van der Waals surface area contributed by atoms with Crippen molar-refractivity contribution in [2.45, 2.75) is 4.90 Å². The molecule has 3 rings (SSSR count). The summed E-state index contributed by atoms with van der Waals surface area (Å²) in [7, 11) is 0.931. The van der Waals surface area contributed by atoms with E-state index in [1.807, 2.05) is 0 Å². The predicted molar refractivity (Wildman–Crippen MR) is 113 cm³/mol. The van der Waals surface area contributed by atoms with Crippen molar-refractivity contribution in [1.29, 1.82) is 0 Å². The van der Waals surface area contributed by atoms with Crippen molar-refractivity contribution in [2.75, 3.05) is 26.5 Å². The van der Waals surface area contributed by atoms with Crippen LogP contribution < -0.4 is 5.32 Å². The van der Waals surface area contributed by atoms with Gasteiger partial charge in [-0.1, -0.05) is 17.7 Å². The summed E-state index contributed by atoms with van der Waals surface area (Å²) in [5.74, 6) is 0.321. The number of nitrogens with one attached hydrogen (secondary N) is 2. The Morgan fingerprint density at radius 3 is 2.62 bits per heavy atom. The topological polar surface area (TPSA) is 121 Å². The van der Waals surface area contributed by atoms with Crippen LogP contribution in [0.3, 0.4) is 0 Å². The Labute approximate surface area is 172 Å². The largest absolute Gasteiger partial charge is 0.383 e. The number of sulfonamides is 1. The van der Waals surface area contributed by atoms with Crippen LogP contribution in [0.4, 0.5) is 11.4 Å². The molecule has 9 nitrogen and oxygen atoms in total. The first kappa shape index (κ1) is 20.8. The number of benzene rings is 2. The molecule has 0 saturated heterocycles. The van der Waals surface area contributed by atoms with Gasteiger partial charge in [0.1, 0.15) is 11.5 Å². The zero-order chi connectivity index (χ0) is 21.3. The molecule has 0 saturated carbocycles. The summed E-state index contributed by atoms with van der Waals surface area (Å²) in [6.45, 7) is 0. The van der Waals surface area contributed by atoms with Crippen molar-refractivity contribution in [3.8, 4) is 0 Å². The number of rotatable bonds is 6. The lowest BCUT2D eigenvalue weighted by Gasteiger charge is -2.10. The summed E-state index contributed by atoms with van der Waals surface area (Å²) in [5, 5.41) is 14.2. The first-order chi connectivity index (χ1) is 13.6. The molecule has 2 aromatic carbocycles. The van der Waals surface area contributed by atoms with E-state index in [2.05, 4.69) is 15.3 Å². The fraction of sp³-hybridized carbons (Fsp3) is 0.167. The SMILES string of the molecule is CNc1ccc(/C=C(\Cl)c2nc3ccc(S(=O)(=O)N(C)C)cc3[nH]2)cc1[N+](=O)[O-]. The average molecular weight is 436 g/mol. The molecule has 2 N–H and O–H groups in total. The Morgan fingerprint density at radius 1 is 1.28 bits per heavy atom. The van der Waals surface area contributed by atoms with Crippen LogP contribution in [0.5, 0.6) is 0 Å². The third-order valence-corrected chi connectivity index (χ3v) is 6.34. The average Bonchev–Trinajstić information content (AvgIpc) is 3.11. The molecule has 0 bridgehead atoms. The molecular formula is C18H18ClN5O4S. The molecule has 0 aliphatic rings. The van der Waals surface area contributed by atoms with Gasteiger partial charge >= 0.3 is 0 Å². The summed E-state index contributed by atoms with van der Waals surface area (Å²) < 4.78 is 25.7. The molecule has 0 atom stereocenters. The summed E-state index contributed by atoms with van der Waals surface area (Å²) in [4.78, 5) is 18.2. The van der Waals surface area contributed by atoms with Crippen LogP contribution in [0.1, 0.15) is 11.4 Å². The van der Waals surface area contributed by atoms with E-state index in [-0.39, 0.29) is 15.6 Å². The van der Waals surface area contributed by atoms with Crippen LogP contribution in [0.25, 0.3) is 22.1 Å². The summed E-state index contributed by atoms with van der Waals surface area (Å²) in [6, 6.07) is 9.22. The van der Waals surface area contributed by atoms with E-state index in [1.165, 1.54) is 32.3 Å². The minimum atomic E-state index is -3.58. The number of imidazole rings is 1. The minimum absolute atomic E-state index is 0.0751. The number of hydrogen-bond acceptors (Lipinski definition) is 6. The minimum Gasteiger partial charge on any atom is -0.383 e. The Hall–Kier alpha value is -2.95. The fourth-order valence-corrected chi connectivity index (χ4v) is 3.83. The van der Waals surface area contributed by atoms with Crippen molar-refractivity contribution >= 4 is 55.1 Å². The van der Waals surface area contributed by atoms with Gasteiger partial charge in [-0.3, -0.25) is 10.1 Å². The maximum atomic E-state index is 12.3. The highest BCUT2D eigenvalue weighted by Gasteiger charge is 2.19. The second-order valence-corrected chi connectivity index (χ2v) is 8.89. The Morgan fingerprint density at radius 2 is 2.00 bits per heavy atom. The zero-order valence-corrected chi connectivity index (χ0v) is 17.4. The first-order valence-corrected chi connectivity index (χ1v) is 10.2. The molecule has 0 amide bonds. The van der Waals surface area contributed by atoms with Crippen LogP contribution in [-0.2, 0) is 10.0 Å². The molecule has 0 radical (unpaired) electrons. The van der Waals surface area contributed by atoms with E-state index in [9.17, 15) is 18.5 Å². The summed E-state index contributed by atoms with van der Waals surface area (Å²) in [6.07, 6.45) is 1.54. The molecule has 0 aliphatic heterocycles. The van der Waals surface area contributed by atoms with E-state index < -0.39 is 14.9 Å². The van der Waals surface area contributed by atoms with Gasteiger partial charge in [-0.25, -0.2) is 17.7 Å². The zero-order valence-electron chi connectivity index (χ0n) is 15.8. The van der Waals surface area contributed by atoms with Gasteiger partial charge in [-0.15, -0.1) is 0 Å². The van der Waals surface area contributed by atoms with E-state index in [0.717, 1.165) is 4.31 Å². The summed E-state index contributed by atoms with van der Waals surface area (Å²) >= 11 is 6.35. The normalized spacial score (nSPS) is 12.5. The molecule has 152 valence electrons. The molecule has 3 aromatic rings. The maximum absolute atomic E-state index is 12.3. The number of aromatic amines is 1. The Bertz CT molecular complexity index is 1230. The number of halogens is 1. The van der Waals surface area contributed by atoms with E-state index in [0.29, 0.717) is 28.1 Å². The van der Waals surface area contributed by atoms with E-state index in [1.54, 1.807) is 31.3 Å². The second kappa shape index (κ2) is 7.82. The van der Waals surface area contributed by atoms with Gasteiger partial charge in [0.25, 0.3) is 5.69 Å². The highest BCUT2D eigenvalue weighted by atomic mass is 35.5. The molecule has 1 aromatic heterocycles. The smallest absolute Gasteiger partial charge is 0.292 e. The number of nitrogens with zero attached hydrogens (tertiary/aromatic N) is 3. The van der Waals surface area contributed by atoms with Crippen LogP contribution in [0.15, 0.2) is 41.3 Å². The molecule has 0 aliphatic carbocycles. The molecule has 11 heteroatoms. The van der Waals surface area contributed by atoms with Gasteiger partial charge in [-0.2, -0.15) is 0 Å². The number of fused-ring (bicyclic) bond motifs is 1. The molecule has 29 heavy (non-hydrogen) atoms. The van der Waals surface area contributed by atoms with Crippen molar-refractivity contribution in [2.24, 2.45) is 0 Å². The molecular weight excluding hydrogens is 418 g/mol. The second-order valence-electron chi connectivity index (χ2n) is 6.33. The highest BCUT2D eigenvalue weighted by molar-refractivity contribution is 7.89. The predicted octanol–water partition coefficient (Wildman–Crippen LogP) is 3.50. The van der Waals surface area contributed by atoms with Gasteiger partial charge < -0.3 is 10.3 Å². The first-order valence-electron chi connectivity index (χ1n) is 8.39. The van der Waals surface area contributed by atoms with Gasteiger partial charge in [0, 0.05) is 27.2 Å². The van der Waals surface area contributed by atoms with Gasteiger partial charge in [0.15, 0.2) is 0 Å². The van der Waals surface area contributed by atoms with Crippen LogP contribution in [-0.4, -0.2) is 48.8 Å². The number of nitro groups is 1. The van der Waals surface area contributed by atoms with Crippen LogP contribution in [0.2, 0.25) is 0 Å². The van der Waals surface area contributed by atoms with Gasteiger partial charge in [-0.05, 0) is 35.9 Å². The summed E-state index contributed by atoms with van der Waals surface area (Å²) in [5.41, 5.74) is 1.89. The van der Waals surface area contributed by atoms with Crippen molar-refractivity contribution in [3.05, 3.63) is 57.9 Å². The number of aromatic nitrogens is 2. The number of anilines is 1. The van der Waals surface area contributed by atoms with Crippen molar-refractivity contribution < 1.29 is 13.3 Å². The van der Waals surface area contributed by atoms with Crippen LogP contribution in [0, 0.1) is 10.1 Å². The van der Waals surface area contributed by atoms with Crippen molar-refractivity contribution in [1.82, 2.24) is 14.3 Å². The number of hydrogen-bond donors (Lipinski definition) is 2. The molecule has 1 heterocycles. The molecule has 0 unspecified atom stereocenters. The van der Waals surface area contributed by atoms with E-state index in [4.69, 9.17) is 11.6 Å². The van der Waals surface area contributed by atoms with Gasteiger partial charge in [0.05, 0.1) is 25.9 Å². The lowest BCUT2D eigenvalue weighted by Crippen LogP contribution is -2.22. The van der Waals surface area contributed by atoms with Crippen LogP contribution >= 0.6 is 11.6 Å². The standard InChI is InChI=1S/C18H18ClN5O4S/c1-20-15-6-4-11(9-17(15)24(25)26)8-13(19)18-21-14-7-5-12(10-16(14)22-18)29(27,28)23(2)3/h4-10,20H,1-3H3,(H,21,22)/b13-8-. The third kappa shape index (κ3) is 4.09. The molecule has 0 fully saturated rings. The number of nitro benzene ring substituents is 1. The monoisotopic (exact) mass is 435 g/mol. The maximum Gasteiger partial charge on any atom is 0.292 e. The van der Waals surface area contributed by atoms with E-state index >= 15 is 0 Å². The third-order valence-electron chi connectivity index (χ3n) is 4.24.